The fourth-order valence-electron chi connectivity index (χ4n) is 4.06. The normalized spacial score (nSPS) is 19.0. The van der Waals surface area contributed by atoms with Crippen molar-refractivity contribution >= 4 is 16.8 Å². The standard InChI is InChI=1S/C25H30N4O3/c1-29(2)13-3-4-25(31)27-19-7-11-21(12-8-19)32-24-15-18(14-23-22(24)16-26-28-23)17-5-9-20(30)10-6-17/h3-6,9-10,14-16,19,21,30H,7-8,11-13H2,1-2H3,(H,26,28)(H,27,31)/b4-3-. The van der Waals surface area contributed by atoms with Crippen LogP contribution in [0.15, 0.2) is 54.7 Å². The Morgan fingerprint density at radius 2 is 1.94 bits per heavy atom. The smallest absolute Gasteiger partial charge is 0.243 e. The molecule has 168 valence electrons. The highest BCUT2D eigenvalue weighted by atomic mass is 16.5. The van der Waals surface area contributed by atoms with Crippen molar-refractivity contribution in [1.82, 2.24) is 20.4 Å². The largest absolute Gasteiger partial charge is 0.508 e. The van der Waals surface area contributed by atoms with Crippen molar-refractivity contribution in [3.05, 3.63) is 54.7 Å². The van der Waals surface area contributed by atoms with Crippen LogP contribution in [-0.2, 0) is 4.79 Å². The highest BCUT2D eigenvalue weighted by Gasteiger charge is 2.24. The zero-order valence-corrected chi connectivity index (χ0v) is 18.5. The lowest BCUT2D eigenvalue weighted by Gasteiger charge is -2.29. The summed E-state index contributed by atoms with van der Waals surface area (Å²) in [5.41, 5.74) is 2.91. The number of rotatable bonds is 7. The fraction of sp³-hybridized carbons (Fsp3) is 0.360. The number of likely N-dealkylation sites (N-methyl/N-ethyl adjacent to an activating group) is 1. The van der Waals surface area contributed by atoms with Gasteiger partial charge in [-0.3, -0.25) is 9.89 Å². The second kappa shape index (κ2) is 9.87. The van der Waals surface area contributed by atoms with Gasteiger partial charge in [0.1, 0.15) is 11.5 Å². The lowest BCUT2D eigenvalue weighted by atomic mass is 9.92. The molecule has 1 aromatic heterocycles. The second-order valence-corrected chi connectivity index (χ2v) is 8.62. The lowest BCUT2D eigenvalue weighted by Crippen LogP contribution is -2.39. The van der Waals surface area contributed by atoms with Gasteiger partial charge in [0.25, 0.3) is 0 Å². The summed E-state index contributed by atoms with van der Waals surface area (Å²) in [6.07, 6.45) is 8.94. The van der Waals surface area contributed by atoms with E-state index in [2.05, 4.69) is 15.5 Å². The molecule has 2 aromatic carbocycles. The Balaban J connectivity index is 1.39. The van der Waals surface area contributed by atoms with Gasteiger partial charge in [0, 0.05) is 18.7 Å². The Hall–Kier alpha value is -3.32. The summed E-state index contributed by atoms with van der Waals surface area (Å²) < 4.78 is 6.42. The van der Waals surface area contributed by atoms with Crippen molar-refractivity contribution in [2.45, 2.75) is 37.8 Å². The minimum absolute atomic E-state index is 0.0297. The number of phenolic OH excluding ortho intramolecular Hbond substituents is 1. The maximum Gasteiger partial charge on any atom is 0.243 e. The van der Waals surface area contributed by atoms with E-state index in [4.69, 9.17) is 4.74 Å². The number of aromatic nitrogens is 2. The van der Waals surface area contributed by atoms with Crippen molar-refractivity contribution in [3.63, 3.8) is 0 Å². The number of fused-ring (bicyclic) bond motifs is 1. The van der Waals surface area contributed by atoms with Crippen LogP contribution in [-0.4, -0.2) is 58.9 Å². The predicted octanol–water partition coefficient (Wildman–Crippen LogP) is 3.86. The number of hydrogen-bond donors (Lipinski definition) is 3. The lowest BCUT2D eigenvalue weighted by molar-refractivity contribution is -0.117. The summed E-state index contributed by atoms with van der Waals surface area (Å²) in [6, 6.07) is 11.4. The quantitative estimate of drug-likeness (QED) is 0.491. The number of ether oxygens (including phenoxy) is 1. The summed E-state index contributed by atoms with van der Waals surface area (Å²) in [5, 5.41) is 20.9. The van der Waals surface area contributed by atoms with E-state index >= 15 is 0 Å². The van der Waals surface area contributed by atoms with E-state index in [0.29, 0.717) is 0 Å². The number of nitrogens with one attached hydrogen (secondary N) is 2. The minimum Gasteiger partial charge on any atom is -0.508 e. The van der Waals surface area contributed by atoms with E-state index in [-0.39, 0.29) is 23.8 Å². The van der Waals surface area contributed by atoms with Gasteiger partial charge in [-0.2, -0.15) is 5.10 Å². The van der Waals surface area contributed by atoms with Gasteiger partial charge >= 0.3 is 0 Å². The number of hydrogen-bond acceptors (Lipinski definition) is 5. The number of nitrogens with zero attached hydrogens (tertiary/aromatic N) is 2. The molecule has 4 rings (SSSR count). The van der Waals surface area contributed by atoms with Crippen molar-refractivity contribution in [3.8, 4) is 22.6 Å². The minimum atomic E-state index is -0.0297. The van der Waals surface area contributed by atoms with E-state index in [0.717, 1.165) is 60.0 Å². The van der Waals surface area contributed by atoms with E-state index in [9.17, 15) is 9.90 Å². The third-order valence-corrected chi connectivity index (χ3v) is 5.78. The number of H-pyrrole nitrogens is 1. The summed E-state index contributed by atoms with van der Waals surface area (Å²) in [5.74, 6) is 1.02. The molecular formula is C25H30N4O3. The Morgan fingerprint density at radius 3 is 2.66 bits per heavy atom. The Labute approximate surface area is 188 Å². The molecule has 0 aliphatic heterocycles. The highest BCUT2D eigenvalue weighted by molar-refractivity contribution is 5.90. The summed E-state index contributed by atoms with van der Waals surface area (Å²) in [4.78, 5) is 14.1. The molecule has 0 atom stereocenters. The summed E-state index contributed by atoms with van der Waals surface area (Å²) in [7, 11) is 3.95. The van der Waals surface area contributed by atoms with Crippen LogP contribution < -0.4 is 10.1 Å². The Kier molecular flexibility index (Phi) is 6.75. The molecule has 0 unspecified atom stereocenters. The van der Waals surface area contributed by atoms with Crippen LogP contribution in [0.4, 0.5) is 0 Å². The summed E-state index contributed by atoms with van der Waals surface area (Å²) in [6.45, 7) is 0.750. The molecule has 1 fully saturated rings. The molecular weight excluding hydrogens is 404 g/mol. The van der Waals surface area contributed by atoms with Gasteiger partial charge in [-0.1, -0.05) is 18.2 Å². The van der Waals surface area contributed by atoms with E-state index < -0.39 is 0 Å². The molecule has 3 aromatic rings. The SMILES string of the molecule is CN(C)C/C=C\C(=O)NC1CCC(Oc2cc(-c3ccc(O)cc3)cc3[nH]ncc23)CC1. The third-order valence-electron chi connectivity index (χ3n) is 5.78. The van der Waals surface area contributed by atoms with Crippen molar-refractivity contribution in [2.24, 2.45) is 0 Å². The first-order chi connectivity index (χ1) is 15.5. The molecule has 0 spiro atoms. The van der Waals surface area contributed by atoms with Crippen LogP contribution in [0.1, 0.15) is 25.7 Å². The van der Waals surface area contributed by atoms with Crippen LogP contribution in [0.3, 0.4) is 0 Å². The molecule has 0 radical (unpaired) electrons. The van der Waals surface area contributed by atoms with Gasteiger partial charge in [-0.05, 0) is 75.2 Å². The maximum absolute atomic E-state index is 12.1. The van der Waals surface area contributed by atoms with Gasteiger partial charge in [-0.25, -0.2) is 0 Å². The van der Waals surface area contributed by atoms with Gasteiger partial charge in [0.05, 0.1) is 23.2 Å². The van der Waals surface area contributed by atoms with Crippen LogP contribution in [0.5, 0.6) is 11.5 Å². The molecule has 3 N–H and O–H groups in total. The first-order valence-corrected chi connectivity index (χ1v) is 11.0. The summed E-state index contributed by atoms with van der Waals surface area (Å²) >= 11 is 0. The van der Waals surface area contributed by atoms with Crippen molar-refractivity contribution in [2.75, 3.05) is 20.6 Å². The molecule has 1 amide bonds. The van der Waals surface area contributed by atoms with Gasteiger partial charge in [0.15, 0.2) is 0 Å². The van der Waals surface area contributed by atoms with Gasteiger partial charge in [0.2, 0.25) is 5.91 Å². The number of amides is 1. The molecule has 1 aliphatic rings. The number of benzene rings is 2. The van der Waals surface area contributed by atoms with Crippen LogP contribution in [0, 0.1) is 0 Å². The first-order valence-electron chi connectivity index (χ1n) is 11.0. The topological polar surface area (TPSA) is 90.5 Å². The van der Waals surface area contributed by atoms with Crippen molar-refractivity contribution in [1.29, 1.82) is 0 Å². The molecule has 1 aliphatic carbocycles. The zero-order chi connectivity index (χ0) is 22.5. The number of carbonyl (C=O) groups is 1. The molecule has 7 nitrogen and oxygen atoms in total. The number of carbonyl (C=O) groups excluding carboxylic acids is 1. The van der Waals surface area contributed by atoms with Crippen LogP contribution in [0.25, 0.3) is 22.0 Å². The zero-order valence-electron chi connectivity index (χ0n) is 18.5. The molecule has 32 heavy (non-hydrogen) atoms. The molecule has 1 heterocycles. The third kappa shape index (κ3) is 5.48. The number of aromatic amines is 1. The van der Waals surface area contributed by atoms with E-state index in [1.165, 1.54) is 0 Å². The van der Waals surface area contributed by atoms with E-state index in [1.807, 2.05) is 49.3 Å². The predicted molar refractivity (Wildman–Crippen MR) is 126 cm³/mol. The molecule has 1 saturated carbocycles. The van der Waals surface area contributed by atoms with Crippen molar-refractivity contribution < 1.29 is 14.6 Å². The Bertz CT molecular complexity index is 1080. The van der Waals surface area contributed by atoms with Gasteiger partial charge < -0.3 is 20.1 Å². The monoisotopic (exact) mass is 434 g/mol. The van der Waals surface area contributed by atoms with Gasteiger partial charge in [-0.15, -0.1) is 0 Å². The number of aromatic hydroxyl groups is 1. The second-order valence-electron chi connectivity index (χ2n) is 8.62. The fourth-order valence-corrected chi connectivity index (χ4v) is 4.06. The maximum atomic E-state index is 12.1. The average molecular weight is 435 g/mol. The number of phenols is 1. The molecule has 7 heteroatoms. The Morgan fingerprint density at radius 1 is 1.19 bits per heavy atom. The van der Waals surface area contributed by atoms with Crippen LogP contribution in [0.2, 0.25) is 0 Å². The molecule has 0 saturated heterocycles. The highest BCUT2D eigenvalue weighted by Crippen LogP contribution is 2.34. The first kappa shape index (κ1) is 21.9. The molecule has 0 bridgehead atoms. The van der Waals surface area contributed by atoms with E-state index in [1.54, 1.807) is 24.4 Å². The average Bonchev–Trinajstić information content (AvgIpc) is 3.24. The van der Waals surface area contributed by atoms with Crippen LogP contribution >= 0.6 is 0 Å².